The van der Waals surface area contributed by atoms with Crippen molar-refractivity contribution in [3.63, 3.8) is 0 Å². The van der Waals surface area contributed by atoms with Gasteiger partial charge in [0.25, 0.3) is 0 Å². The molecule has 0 atom stereocenters. The van der Waals surface area contributed by atoms with Crippen LogP contribution in [0.5, 0.6) is 0 Å². The van der Waals surface area contributed by atoms with Crippen molar-refractivity contribution in [3.8, 4) is 0 Å². The van der Waals surface area contributed by atoms with E-state index in [0.29, 0.717) is 11.6 Å². The predicted octanol–water partition coefficient (Wildman–Crippen LogP) is 4.35. The lowest BCUT2D eigenvalue weighted by Crippen LogP contribution is -2.06. The minimum atomic E-state index is -0.208. The lowest BCUT2D eigenvalue weighted by molar-refractivity contribution is 0.621. The first-order valence-electron chi connectivity index (χ1n) is 5.55. The first-order valence-corrected chi connectivity index (χ1v) is 6.75. The molecular formula is C14H13ClFNS. The van der Waals surface area contributed by atoms with Crippen molar-refractivity contribution in [2.75, 3.05) is 7.05 Å². The van der Waals surface area contributed by atoms with Gasteiger partial charge in [-0.2, -0.15) is 0 Å². The Morgan fingerprint density at radius 3 is 2.56 bits per heavy atom. The van der Waals surface area contributed by atoms with Gasteiger partial charge in [-0.15, -0.1) is 0 Å². The third-order valence-corrected chi connectivity index (χ3v) is 3.81. The molecule has 0 saturated carbocycles. The minimum absolute atomic E-state index is 0.208. The Bertz CT molecular complexity index is 528. The first-order chi connectivity index (χ1) is 8.69. The third-order valence-electron chi connectivity index (χ3n) is 2.43. The summed E-state index contributed by atoms with van der Waals surface area (Å²) in [7, 11) is 1.85. The molecule has 0 saturated heterocycles. The normalized spacial score (nSPS) is 10.6. The molecule has 0 aliphatic rings. The van der Waals surface area contributed by atoms with Crippen molar-refractivity contribution in [2.45, 2.75) is 16.3 Å². The molecule has 0 amide bonds. The van der Waals surface area contributed by atoms with Gasteiger partial charge in [-0.25, -0.2) is 4.39 Å². The second-order valence-corrected chi connectivity index (χ2v) is 5.39. The highest BCUT2D eigenvalue weighted by atomic mass is 35.5. The highest BCUT2D eigenvalue weighted by molar-refractivity contribution is 7.99. The zero-order chi connectivity index (χ0) is 13.0. The van der Waals surface area contributed by atoms with Crippen LogP contribution in [0.2, 0.25) is 5.02 Å². The molecule has 1 nitrogen and oxygen atoms in total. The van der Waals surface area contributed by atoms with Gasteiger partial charge in [0.15, 0.2) is 0 Å². The van der Waals surface area contributed by atoms with Gasteiger partial charge in [0, 0.05) is 21.4 Å². The molecule has 2 aromatic rings. The van der Waals surface area contributed by atoms with Crippen molar-refractivity contribution in [1.82, 2.24) is 5.32 Å². The summed E-state index contributed by atoms with van der Waals surface area (Å²) in [5.41, 5.74) is 0.956. The molecule has 0 aliphatic carbocycles. The van der Waals surface area contributed by atoms with Crippen molar-refractivity contribution in [2.24, 2.45) is 0 Å². The zero-order valence-electron chi connectivity index (χ0n) is 9.91. The lowest BCUT2D eigenvalue weighted by Gasteiger charge is -2.09. The Labute approximate surface area is 115 Å². The van der Waals surface area contributed by atoms with Crippen molar-refractivity contribution in [3.05, 3.63) is 58.9 Å². The maximum absolute atomic E-state index is 13.2. The number of hydrogen-bond acceptors (Lipinski definition) is 2. The number of rotatable bonds is 4. The first kappa shape index (κ1) is 13.4. The zero-order valence-corrected chi connectivity index (χ0v) is 11.5. The maximum Gasteiger partial charge on any atom is 0.123 e. The number of benzene rings is 2. The van der Waals surface area contributed by atoms with Crippen LogP contribution in [0.25, 0.3) is 0 Å². The Morgan fingerprint density at radius 2 is 1.89 bits per heavy atom. The second-order valence-electron chi connectivity index (χ2n) is 3.84. The van der Waals surface area contributed by atoms with E-state index < -0.39 is 0 Å². The van der Waals surface area contributed by atoms with Crippen LogP contribution in [-0.4, -0.2) is 7.05 Å². The van der Waals surface area contributed by atoms with E-state index in [1.165, 1.54) is 6.07 Å². The number of hydrogen-bond donors (Lipinski definition) is 1. The predicted molar refractivity (Wildman–Crippen MR) is 74.7 cm³/mol. The SMILES string of the molecule is CNCc1cc(F)ccc1Sc1ccc(Cl)cc1. The maximum atomic E-state index is 13.2. The van der Waals surface area contributed by atoms with E-state index in [1.54, 1.807) is 23.9 Å². The Hall–Kier alpha value is -1.03. The van der Waals surface area contributed by atoms with Crippen LogP contribution < -0.4 is 5.32 Å². The fraction of sp³-hybridized carbons (Fsp3) is 0.143. The van der Waals surface area contributed by atoms with Crippen LogP contribution in [0.4, 0.5) is 4.39 Å². The molecule has 18 heavy (non-hydrogen) atoms. The van der Waals surface area contributed by atoms with E-state index >= 15 is 0 Å². The summed E-state index contributed by atoms with van der Waals surface area (Å²) < 4.78 is 13.2. The van der Waals surface area contributed by atoms with Gasteiger partial charge in [0.2, 0.25) is 0 Å². The topological polar surface area (TPSA) is 12.0 Å². The lowest BCUT2D eigenvalue weighted by atomic mass is 10.2. The molecule has 2 aromatic carbocycles. The molecule has 0 aromatic heterocycles. The molecule has 0 unspecified atom stereocenters. The van der Waals surface area contributed by atoms with E-state index in [-0.39, 0.29) is 5.82 Å². The van der Waals surface area contributed by atoms with Gasteiger partial charge in [0.1, 0.15) is 5.82 Å². The summed E-state index contributed by atoms with van der Waals surface area (Å²) in [4.78, 5) is 2.14. The fourth-order valence-corrected chi connectivity index (χ4v) is 2.66. The van der Waals surface area contributed by atoms with E-state index in [1.807, 2.05) is 31.3 Å². The van der Waals surface area contributed by atoms with Gasteiger partial charge in [-0.05, 0) is 55.1 Å². The van der Waals surface area contributed by atoms with Crippen LogP contribution in [-0.2, 0) is 6.54 Å². The van der Waals surface area contributed by atoms with Crippen molar-refractivity contribution >= 4 is 23.4 Å². The van der Waals surface area contributed by atoms with Crippen LogP contribution >= 0.6 is 23.4 Å². The van der Waals surface area contributed by atoms with Gasteiger partial charge >= 0.3 is 0 Å². The molecule has 1 N–H and O–H groups in total. The molecule has 2 rings (SSSR count). The van der Waals surface area contributed by atoms with Gasteiger partial charge < -0.3 is 5.32 Å². The molecule has 0 radical (unpaired) electrons. The van der Waals surface area contributed by atoms with Crippen molar-refractivity contribution in [1.29, 1.82) is 0 Å². The average molecular weight is 282 g/mol. The average Bonchev–Trinajstić information content (AvgIpc) is 2.36. The third kappa shape index (κ3) is 3.48. The molecule has 0 heterocycles. The summed E-state index contributed by atoms with van der Waals surface area (Å²) >= 11 is 7.45. The monoisotopic (exact) mass is 281 g/mol. The largest absolute Gasteiger partial charge is 0.316 e. The minimum Gasteiger partial charge on any atom is -0.316 e. The molecule has 0 aliphatic heterocycles. The molecular weight excluding hydrogens is 269 g/mol. The summed E-state index contributed by atoms with van der Waals surface area (Å²) in [5, 5.41) is 3.76. The molecule has 4 heteroatoms. The van der Waals surface area contributed by atoms with Crippen molar-refractivity contribution < 1.29 is 4.39 Å². The highest BCUT2D eigenvalue weighted by Crippen LogP contribution is 2.31. The standard InChI is InChI=1S/C14H13ClFNS/c1-17-9-10-8-12(16)4-7-14(10)18-13-5-2-11(15)3-6-13/h2-8,17H,9H2,1H3. The molecule has 0 bridgehead atoms. The van der Waals surface area contributed by atoms with Crippen LogP contribution in [0.15, 0.2) is 52.3 Å². The molecule has 0 spiro atoms. The summed E-state index contributed by atoms with van der Waals surface area (Å²) in [6, 6.07) is 12.5. The van der Waals surface area contributed by atoms with Gasteiger partial charge in [-0.1, -0.05) is 23.4 Å². The quantitative estimate of drug-likeness (QED) is 0.894. The van der Waals surface area contributed by atoms with Gasteiger partial charge in [0.05, 0.1) is 0 Å². The van der Waals surface area contributed by atoms with Crippen LogP contribution in [0.1, 0.15) is 5.56 Å². The summed E-state index contributed by atoms with van der Waals surface area (Å²) in [6.45, 7) is 0.647. The van der Waals surface area contributed by atoms with Gasteiger partial charge in [-0.3, -0.25) is 0 Å². The summed E-state index contributed by atoms with van der Waals surface area (Å²) in [5.74, 6) is -0.208. The van der Waals surface area contributed by atoms with E-state index in [4.69, 9.17) is 11.6 Å². The fourth-order valence-electron chi connectivity index (χ4n) is 1.61. The highest BCUT2D eigenvalue weighted by Gasteiger charge is 2.05. The van der Waals surface area contributed by atoms with Crippen LogP contribution in [0.3, 0.4) is 0 Å². The van der Waals surface area contributed by atoms with Crippen LogP contribution in [0, 0.1) is 5.82 Å². The molecule has 94 valence electrons. The smallest absolute Gasteiger partial charge is 0.123 e. The summed E-state index contributed by atoms with van der Waals surface area (Å²) in [6.07, 6.45) is 0. The number of halogens is 2. The van der Waals surface area contributed by atoms with E-state index in [0.717, 1.165) is 15.4 Å². The second kappa shape index (κ2) is 6.23. The Kier molecular flexibility index (Phi) is 4.64. The Balaban J connectivity index is 2.25. The Morgan fingerprint density at radius 1 is 1.17 bits per heavy atom. The van der Waals surface area contributed by atoms with E-state index in [2.05, 4.69) is 5.32 Å². The van der Waals surface area contributed by atoms with E-state index in [9.17, 15) is 4.39 Å². The number of nitrogens with one attached hydrogen (secondary N) is 1. The molecule has 0 fully saturated rings.